The molecule has 210 valence electrons. The Hall–Kier alpha value is -3.73. The third kappa shape index (κ3) is 3.93. The Labute approximate surface area is 230 Å². The number of carbonyl (C=O) groups excluding carboxylic acids is 3. The van der Waals surface area contributed by atoms with Crippen LogP contribution >= 0.6 is 0 Å². The largest absolute Gasteiger partial charge is 0.507 e. The number of esters is 1. The van der Waals surface area contributed by atoms with Gasteiger partial charge in [0.15, 0.2) is 5.78 Å². The summed E-state index contributed by atoms with van der Waals surface area (Å²) < 4.78 is 17.5. The van der Waals surface area contributed by atoms with Crippen molar-refractivity contribution in [2.24, 2.45) is 5.92 Å². The number of fused-ring (bicyclic) bond motifs is 6. The Balaban J connectivity index is 1.51. The maximum Gasteiger partial charge on any atom is 0.331 e. The van der Waals surface area contributed by atoms with Gasteiger partial charge in [-0.25, -0.2) is 4.79 Å². The first kappa shape index (κ1) is 26.5. The number of benzene rings is 2. The van der Waals surface area contributed by atoms with E-state index < -0.39 is 54.4 Å². The van der Waals surface area contributed by atoms with Crippen LogP contribution < -0.4 is 4.74 Å². The van der Waals surface area contributed by atoms with Crippen molar-refractivity contribution in [3.8, 4) is 11.5 Å². The van der Waals surface area contributed by atoms with Crippen molar-refractivity contribution in [1.29, 1.82) is 0 Å². The number of ketones is 2. The molecule has 0 amide bonds. The van der Waals surface area contributed by atoms with Gasteiger partial charge in [0.05, 0.1) is 23.3 Å². The van der Waals surface area contributed by atoms with Gasteiger partial charge in [0.1, 0.15) is 29.3 Å². The zero-order chi connectivity index (χ0) is 28.6. The number of allylic oxidation sites excluding steroid dienone is 2. The van der Waals surface area contributed by atoms with Gasteiger partial charge in [-0.1, -0.05) is 26.0 Å². The lowest BCUT2D eigenvalue weighted by molar-refractivity contribution is -0.216. The summed E-state index contributed by atoms with van der Waals surface area (Å²) in [5.74, 6) is -1.57. The number of aliphatic hydroxyl groups excluding tert-OH is 2. The van der Waals surface area contributed by atoms with E-state index in [-0.39, 0.29) is 51.8 Å². The van der Waals surface area contributed by atoms with E-state index in [9.17, 15) is 29.7 Å². The third-order valence-electron chi connectivity index (χ3n) is 7.96. The van der Waals surface area contributed by atoms with Gasteiger partial charge in [0.2, 0.25) is 18.3 Å². The van der Waals surface area contributed by atoms with Gasteiger partial charge >= 0.3 is 5.97 Å². The van der Waals surface area contributed by atoms with Gasteiger partial charge < -0.3 is 34.4 Å². The molecule has 6 rings (SSSR count). The van der Waals surface area contributed by atoms with Crippen LogP contribution in [0.5, 0.6) is 11.5 Å². The van der Waals surface area contributed by atoms with E-state index in [1.165, 1.54) is 18.2 Å². The van der Waals surface area contributed by atoms with Crippen LogP contribution in [0.25, 0.3) is 5.57 Å². The molecule has 10 heteroatoms. The summed E-state index contributed by atoms with van der Waals surface area (Å²) >= 11 is 0. The minimum Gasteiger partial charge on any atom is -0.507 e. The average Bonchev–Trinajstić information content (AvgIpc) is 3.20. The van der Waals surface area contributed by atoms with Crippen molar-refractivity contribution >= 4 is 23.1 Å². The summed E-state index contributed by atoms with van der Waals surface area (Å²) in [5.41, 5.74) is 1.42. The molecule has 40 heavy (non-hydrogen) atoms. The number of hydrogen-bond acceptors (Lipinski definition) is 10. The summed E-state index contributed by atoms with van der Waals surface area (Å²) in [5, 5.41) is 31.3. The van der Waals surface area contributed by atoms with Crippen molar-refractivity contribution in [3.63, 3.8) is 0 Å². The van der Waals surface area contributed by atoms with Crippen LogP contribution in [0.15, 0.2) is 36.0 Å². The minimum absolute atomic E-state index is 0.000405. The number of aliphatic hydroxyl groups is 2. The van der Waals surface area contributed by atoms with E-state index in [1.807, 2.05) is 13.8 Å². The number of phenolic OH excluding ortho intramolecular Hbond substituents is 1. The minimum atomic E-state index is -1.09. The lowest BCUT2D eigenvalue weighted by atomic mass is 9.78. The Morgan fingerprint density at radius 2 is 1.85 bits per heavy atom. The third-order valence-corrected chi connectivity index (χ3v) is 7.96. The molecular formula is C30H31NO9. The maximum absolute atomic E-state index is 14.4. The normalized spacial score (nSPS) is 29.2. The van der Waals surface area contributed by atoms with Gasteiger partial charge in [0, 0.05) is 23.1 Å². The molecule has 1 aliphatic carbocycles. The second-order valence-electron chi connectivity index (χ2n) is 11.3. The topological polar surface area (TPSA) is 143 Å². The van der Waals surface area contributed by atoms with Crippen molar-refractivity contribution in [1.82, 2.24) is 4.90 Å². The van der Waals surface area contributed by atoms with E-state index in [0.29, 0.717) is 17.5 Å². The van der Waals surface area contributed by atoms with E-state index in [1.54, 1.807) is 30.9 Å². The van der Waals surface area contributed by atoms with Gasteiger partial charge in [-0.3, -0.25) is 9.59 Å². The van der Waals surface area contributed by atoms with Crippen LogP contribution in [0.2, 0.25) is 0 Å². The van der Waals surface area contributed by atoms with E-state index >= 15 is 0 Å². The first-order chi connectivity index (χ1) is 19.0. The zero-order valence-corrected chi connectivity index (χ0v) is 22.6. The molecule has 10 nitrogen and oxygen atoms in total. The molecule has 0 bridgehead atoms. The number of rotatable bonds is 4. The number of carbonyl (C=O) groups is 3. The van der Waals surface area contributed by atoms with Gasteiger partial charge in [-0.05, 0) is 49.9 Å². The molecule has 0 spiro atoms. The molecule has 0 aromatic heterocycles. The fourth-order valence-electron chi connectivity index (χ4n) is 6.17. The molecule has 2 saturated heterocycles. The molecular weight excluding hydrogens is 518 g/mol. The number of aryl methyl sites for hydroxylation is 1. The first-order valence-corrected chi connectivity index (χ1v) is 13.5. The van der Waals surface area contributed by atoms with Crippen molar-refractivity contribution < 1.29 is 43.9 Å². The van der Waals surface area contributed by atoms with Crippen LogP contribution in [0.4, 0.5) is 0 Å². The van der Waals surface area contributed by atoms with Crippen molar-refractivity contribution in [2.75, 3.05) is 0 Å². The molecule has 2 fully saturated rings. The lowest BCUT2D eigenvalue weighted by Crippen LogP contribution is -2.48. The molecule has 6 atom stereocenters. The van der Waals surface area contributed by atoms with Gasteiger partial charge in [0.25, 0.3) is 0 Å². The highest BCUT2D eigenvalue weighted by atomic mass is 16.7. The number of phenols is 1. The first-order valence-electron chi connectivity index (χ1n) is 13.5. The molecule has 0 radical (unpaired) electrons. The van der Waals surface area contributed by atoms with Crippen LogP contribution in [0.3, 0.4) is 0 Å². The molecule has 2 aromatic carbocycles. The highest BCUT2D eigenvalue weighted by molar-refractivity contribution is 6.41. The van der Waals surface area contributed by atoms with E-state index in [0.717, 1.165) is 0 Å². The highest BCUT2D eigenvalue weighted by Crippen LogP contribution is 2.52. The standard InChI is InChI=1S/C30H31NO9/c1-12(2)8-17-30(37)40-29-16-9-13(3)10-18(32)22(16)24-25(31(17)29)28(36)23-15(27(24)35)6-5-7-20(23)39-21-11-19(33)26(34)14(4)38-21/h5-7,9-10,12,14,17,19,21,26,29,32-34H,8,11H2,1-4H3/t14?,17-,19?,21?,26?,29?/m0/s1. The van der Waals surface area contributed by atoms with Crippen LogP contribution in [0.1, 0.15) is 77.2 Å². The second-order valence-corrected chi connectivity index (χ2v) is 11.3. The number of aromatic hydroxyl groups is 1. The number of nitrogens with zero attached hydrogens (tertiary/aromatic N) is 1. The van der Waals surface area contributed by atoms with Gasteiger partial charge in [-0.15, -0.1) is 0 Å². The molecule has 0 saturated carbocycles. The Bertz CT molecular complexity index is 1470. The fraction of sp³-hybridized carbons (Fsp3) is 0.433. The monoisotopic (exact) mass is 549 g/mol. The quantitative estimate of drug-likeness (QED) is 0.487. The summed E-state index contributed by atoms with van der Waals surface area (Å²) in [7, 11) is 0. The SMILES string of the molecule is Cc1cc(O)c2c(c1)C1OC(=O)[C@H](CC(C)C)N1C1=C2C(=O)c2cccc(OC3CC(O)C(O)C(C)O3)c2C1=O. The van der Waals surface area contributed by atoms with Crippen LogP contribution in [-0.2, 0) is 14.3 Å². The lowest BCUT2D eigenvalue weighted by Gasteiger charge is -2.39. The molecule has 3 heterocycles. The van der Waals surface area contributed by atoms with Gasteiger partial charge in [-0.2, -0.15) is 0 Å². The molecule has 4 aliphatic rings. The average molecular weight is 550 g/mol. The molecule has 5 unspecified atom stereocenters. The van der Waals surface area contributed by atoms with E-state index in [2.05, 4.69) is 0 Å². The Morgan fingerprint density at radius 1 is 1.10 bits per heavy atom. The van der Waals surface area contributed by atoms with E-state index in [4.69, 9.17) is 14.2 Å². The number of ether oxygens (including phenoxy) is 3. The Morgan fingerprint density at radius 3 is 2.55 bits per heavy atom. The maximum atomic E-state index is 14.4. The smallest absolute Gasteiger partial charge is 0.331 e. The summed E-state index contributed by atoms with van der Waals surface area (Å²) in [6, 6.07) is 7.09. The fourth-order valence-corrected chi connectivity index (χ4v) is 6.17. The molecule has 3 N–H and O–H groups in total. The highest BCUT2D eigenvalue weighted by Gasteiger charge is 2.54. The Kier molecular flexibility index (Phi) is 6.25. The predicted molar refractivity (Wildman–Crippen MR) is 140 cm³/mol. The van der Waals surface area contributed by atoms with Crippen LogP contribution in [-0.4, -0.2) is 68.4 Å². The summed E-state index contributed by atoms with van der Waals surface area (Å²) in [6.07, 6.45) is -4.50. The second kappa shape index (κ2) is 9.43. The zero-order valence-electron chi connectivity index (χ0n) is 22.6. The van der Waals surface area contributed by atoms with Crippen molar-refractivity contribution in [3.05, 3.63) is 63.8 Å². The summed E-state index contributed by atoms with van der Waals surface area (Å²) in [6.45, 7) is 7.29. The number of hydrogen-bond donors (Lipinski definition) is 3. The number of Topliss-reactive ketones (excluding diaryl/α,β-unsaturated/α-hetero) is 2. The van der Waals surface area contributed by atoms with Crippen molar-refractivity contribution in [2.45, 2.75) is 77.4 Å². The van der Waals surface area contributed by atoms with Crippen LogP contribution in [0, 0.1) is 12.8 Å². The predicted octanol–water partition coefficient (Wildman–Crippen LogP) is 3.01. The molecule has 3 aliphatic heterocycles. The molecule has 2 aromatic rings. The summed E-state index contributed by atoms with van der Waals surface area (Å²) in [4.78, 5) is 43.3.